The highest BCUT2D eigenvalue weighted by Gasteiger charge is 2.06. The lowest BCUT2D eigenvalue weighted by Crippen LogP contribution is -2.18. The maximum absolute atomic E-state index is 9.72. The van der Waals surface area contributed by atoms with Crippen LogP contribution in [0.15, 0.2) is 48.5 Å². The number of hydrogen-bond acceptors (Lipinski definition) is 2. The van der Waals surface area contributed by atoms with Gasteiger partial charge in [-0.3, -0.25) is 0 Å². The van der Waals surface area contributed by atoms with E-state index in [2.05, 4.69) is 43.4 Å². The van der Waals surface area contributed by atoms with Crippen LogP contribution < -0.4 is 5.32 Å². The van der Waals surface area contributed by atoms with Gasteiger partial charge in [-0.2, -0.15) is 0 Å². The SMILES string of the molecule is CCc1ccc(C(C)NCc2ccccc2O)cc1. The average molecular weight is 255 g/mol. The lowest BCUT2D eigenvalue weighted by Gasteiger charge is -2.15. The fraction of sp³-hybridized carbons (Fsp3) is 0.294. The Morgan fingerprint density at radius 1 is 1.05 bits per heavy atom. The maximum atomic E-state index is 9.72. The summed E-state index contributed by atoms with van der Waals surface area (Å²) >= 11 is 0. The predicted molar refractivity (Wildman–Crippen MR) is 79.2 cm³/mol. The highest BCUT2D eigenvalue weighted by Crippen LogP contribution is 2.18. The second-order valence-electron chi connectivity index (χ2n) is 4.83. The first-order valence-corrected chi connectivity index (χ1v) is 6.79. The van der Waals surface area contributed by atoms with Gasteiger partial charge in [0.2, 0.25) is 0 Å². The number of phenolic OH excluding ortho intramolecular Hbond substituents is 1. The third-order valence-corrected chi connectivity index (χ3v) is 3.48. The highest BCUT2D eigenvalue weighted by molar-refractivity contribution is 5.32. The van der Waals surface area contributed by atoms with Crippen LogP contribution in [0.4, 0.5) is 0 Å². The minimum atomic E-state index is 0.269. The third kappa shape index (κ3) is 3.58. The van der Waals surface area contributed by atoms with Crippen molar-refractivity contribution in [2.45, 2.75) is 32.9 Å². The number of rotatable bonds is 5. The summed E-state index contributed by atoms with van der Waals surface area (Å²) in [7, 11) is 0. The fourth-order valence-electron chi connectivity index (χ4n) is 2.08. The molecule has 100 valence electrons. The number of aromatic hydroxyl groups is 1. The van der Waals surface area contributed by atoms with Crippen molar-refractivity contribution in [3.8, 4) is 5.75 Å². The van der Waals surface area contributed by atoms with E-state index in [0.717, 1.165) is 12.0 Å². The summed E-state index contributed by atoms with van der Waals surface area (Å²) in [5.41, 5.74) is 3.56. The quantitative estimate of drug-likeness (QED) is 0.851. The third-order valence-electron chi connectivity index (χ3n) is 3.48. The molecule has 0 spiro atoms. The smallest absolute Gasteiger partial charge is 0.120 e. The molecular formula is C17H21NO. The van der Waals surface area contributed by atoms with Gasteiger partial charge in [0, 0.05) is 18.2 Å². The Balaban J connectivity index is 1.97. The molecule has 19 heavy (non-hydrogen) atoms. The van der Waals surface area contributed by atoms with E-state index in [-0.39, 0.29) is 6.04 Å². The standard InChI is InChI=1S/C17H21NO/c1-3-14-8-10-15(11-9-14)13(2)18-12-16-6-4-5-7-17(16)19/h4-11,13,18-19H,3,12H2,1-2H3. The lowest BCUT2D eigenvalue weighted by atomic mass is 10.0. The fourth-order valence-corrected chi connectivity index (χ4v) is 2.08. The van der Waals surface area contributed by atoms with Crippen LogP contribution >= 0.6 is 0 Å². The van der Waals surface area contributed by atoms with Crippen molar-refractivity contribution in [2.24, 2.45) is 0 Å². The maximum Gasteiger partial charge on any atom is 0.120 e. The monoisotopic (exact) mass is 255 g/mol. The van der Waals surface area contributed by atoms with Gasteiger partial charge in [0.15, 0.2) is 0 Å². The number of para-hydroxylation sites is 1. The van der Waals surface area contributed by atoms with E-state index >= 15 is 0 Å². The molecule has 2 heteroatoms. The largest absolute Gasteiger partial charge is 0.508 e. The van der Waals surface area contributed by atoms with Crippen LogP contribution in [-0.2, 0) is 13.0 Å². The van der Waals surface area contributed by atoms with Crippen LogP contribution in [0, 0.1) is 0 Å². The van der Waals surface area contributed by atoms with Gasteiger partial charge in [0.1, 0.15) is 5.75 Å². The predicted octanol–water partition coefficient (Wildman–Crippen LogP) is 3.81. The summed E-state index contributed by atoms with van der Waals surface area (Å²) in [6.07, 6.45) is 1.07. The summed E-state index contributed by atoms with van der Waals surface area (Å²) in [6.45, 7) is 4.97. The molecule has 2 N–H and O–H groups in total. The molecule has 2 rings (SSSR count). The summed E-state index contributed by atoms with van der Waals surface area (Å²) in [6, 6.07) is 16.4. The Hall–Kier alpha value is -1.80. The molecule has 0 fully saturated rings. The van der Waals surface area contributed by atoms with Crippen molar-refractivity contribution in [2.75, 3.05) is 0 Å². The van der Waals surface area contributed by atoms with Gasteiger partial charge in [-0.25, -0.2) is 0 Å². The molecule has 2 aromatic rings. The van der Waals surface area contributed by atoms with Gasteiger partial charge in [-0.05, 0) is 30.5 Å². The van der Waals surface area contributed by atoms with Crippen molar-refractivity contribution < 1.29 is 5.11 Å². The van der Waals surface area contributed by atoms with Crippen molar-refractivity contribution >= 4 is 0 Å². The molecule has 0 aliphatic carbocycles. The topological polar surface area (TPSA) is 32.3 Å². The van der Waals surface area contributed by atoms with Crippen molar-refractivity contribution in [1.29, 1.82) is 0 Å². The number of aryl methyl sites for hydroxylation is 1. The second kappa shape index (κ2) is 6.39. The molecule has 0 aromatic heterocycles. The Kier molecular flexibility index (Phi) is 4.58. The minimum Gasteiger partial charge on any atom is -0.508 e. The van der Waals surface area contributed by atoms with E-state index in [1.165, 1.54) is 11.1 Å². The van der Waals surface area contributed by atoms with Crippen molar-refractivity contribution in [3.05, 3.63) is 65.2 Å². The Bertz CT molecular complexity index is 519. The Morgan fingerprint density at radius 2 is 1.74 bits per heavy atom. The highest BCUT2D eigenvalue weighted by atomic mass is 16.3. The van der Waals surface area contributed by atoms with E-state index in [1.807, 2.05) is 18.2 Å². The van der Waals surface area contributed by atoms with Gasteiger partial charge in [0.25, 0.3) is 0 Å². The molecule has 2 nitrogen and oxygen atoms in total. The van der Waals surface area contributed by atoms with Crippen LogP contribution in [0.25, 0.3) is 0 Å². The van der Waals surface area contributed by atoms with Crippen LogP contribution in [0.2, 0.25) is 0 Å². The molecule has 0 saturated heterocycles. The van der Waals surface area contributed by atoms with Gasteiger partial charge in [-0.1, -0.05) is 49.4 Å². The number of benzene rings is 2. The molecule has 0 aliphatic heterocycles. The lowest BCUT2D eigenvalue weighted by molar-refractivity contribution is 0.460. The van der Waals surface area contributed by atoms with Crippen LogP contribution in [0.5, 0.6) is 5.75 Å². The van der Waals surface area contributed by atoms with Gasteiger partial charge in [-0.15, -0.1) is 0 Å². The molecule has 2 aromatic carbocycles. The normalized spacial score (nSPS) is 12.3. The molecule has 0 amide bonds. The molecule has 1 atom stereocenters. The molecule has 1 unspecified atom stereocenters. The van der Waals surface area contributed by atoms with Crippen LogP contribution in [-0.4, -0.2) is 5.11 Å². The molecule has 0 radical (unpaired) electrons. The van der Waals surface area contributed by atoms with Gasteiger partial charge >= 0.3 is 0 Å². The summed E-state index contributed by atoms with van der Waals surface area (Å²) < 4.78 is 0. The summed E-state index contributed by atoms with van der Waals surface area (Å²) in [4.78, 5) is 0. The molecular weight excluding hydrogens is 234 g/mol. The Labute approximate surface area is 115 Å². The number of nitrogens with one attached hydrogen (secondary N) is 1. The summed E-state index contributed by atoms with van der Waals surface area (Å²) in [5, 5.41) is 13.2. The Morgan fingerprint density at radius 3 is 2.37 bits per heavy atom. The van der Waals surface area contributed by atoms with Crippen molar-refractivity contribution in [3.63, 3.8) is 0 Å². The van der Waals surface area contributed by atoms with Crippen LogP contribution in [0.1, 0.15) is 36.6 Å². The average Bonchev–Trinajstić information content (AvgIpc) is 2.46. The first-order valence-electron chi connectivity index (χ1n) is 6.79. The van der Waals surface area contributed by atoms with E-state index < -0.39 is 0 Å². The van der Waals surface area contributed by atoms with E-state index in [4.69, 9.17) is 0 Å². The van der Waals surface area contributed by atoms with Gasteiger partial charge < -0.3 is 10.4 Å². The van der Waals surface area contributed by atoms with Crippen molar-refractivity contribution in [1.82, 2.24) is 5.32 Å². The zero-order valence-corrected chi connectivity index (χ0v) is 11.6. The van der Waals surface area contributed by atoms with E-state index in [1.54, 1.807) is 6.07 Å². The molecule has 0 heterocycles. The molecule has 0 aliphatic rings. The van der Waals surface area contributed by atoms with E-state index in [0.29, 0.717) is 12.3 Å². The van der Waals surface area contributed by atoms with Gasteiger partial charge in [0.05, 0.1) is 0 Å². The minimum absolute atomic E-state index is 0.269. The first-order chi connectivity index (χ1) is 9.20. The summed E-state index contributed by atoms with van der Waals surface area (Å²) in [5.74, 6) is 0.350. The first kappa shape index (κ1) is 13.6. The number of hydrogen-bond donors (Lipinski definition) is 2. The van der Waals surface area contributed by atoms with E-state index in [9.17, 15) is 5.11 Å². The van der Waals surface area contributed by atoms with Crippen LogP contribution in [0.3, 0.4) is 0 Å². The zero-order valence-electron chi connectivity index (χ0n) is 11.6. The zero-order chi connectivity index (χ0) is 13.7. The number of phenols is 1. The second-order valence-corrected chi connectivity index (χ2v) is 4.83. The molecule has 0 saturated carbocycles. The molecule has 0 bridgehead atoms.